The number of carbonyl (C=O) groups excluding carboxylic acids is 1. The first-order chi connectivity index (χ1) is 13.2. The molecule has 5 nitrogen and oxygen atoms in total. The van der Waals surface area contributed by atoms with Crippen molar-refractivity contribution in [2.75, 3.05) is 26.3 Å². The van der Waals surface area contributed by atoms with Crippen molar-refractivity contribution in [1.82, 2.24) is 10.2 Å². The fourth-order valence-corrected chi connectivity index (χ4v) is 5.67. The molecule has 28 heavy (non-hydrogen) atoms. The van der Waals surface area contributed by atoms with Crippen LogP contribution >= 0.6 is 12.4 Å². The summed E-state index contributed by atoms with van der Waals surface area (Å²) >= 11 is 0. The van der Waals surface area contributed by atoms with E-state index in [0.717, 1.165) is 43.9 Å². The van der Waals surface area contributed by atoms with Gasteiger partial charge in [-0.1, -0.05) is 12.8 Å². The number of amides is 1. The maximum absolute atomic E-state index is 13.2. The van der Waals surface area contributed by atoms with E-state index in [1.165, 1.54) is 30.4 Å². The van der Waals surface area contributed by atoms with Gasteiger partial charge in [0.15, 0.2) is 11.5 Å². The highest BCUT2D eigenvalue weighted by Gasteiger charge is 2.46. The van der Waals surface area contributed by atoms with Crippen LogP contribution in [0.4, 0.5) is 0 Å². The molecule has 0 aromatic heterocycles. The van der Waals surface area contributed by atoms with Crippen LogP contribution in [0.3, 0.4) is 0 Å². The first kappa shape index (κ1) is 19.8. The van der Waals surface area contributed by atoms with Crippen LogP contribution in [0.15, 0.2) is 12.1 Å². The maximum Gasteiger partial charge on any atom is 0.224 e. The Hall–Kier alpha value is -1.46. The quantitative estimate of drug-likeness (QED) is 0.812. The molecule has 1 aromatic rings. The fraction of sp³-hybridized carbons (Fsp3) is 0.682. The van der Waals surface area contributed by atoms with E-state index >= 15 is 0 Å². The zero-order valence-corrected chi connectivity index (χ0v) is 17.5. The van der Waals surface area contributed by atoms with Gasteiger partial charge in [-0.3, -0.25) is 4.79 Å². The van der Waals surface area contributed by atoms with Gasteiger partial charge in [0, 0.05) is 24.4 Å². The number of nitrogens with one attached hydrogen (secondary N) is 1. The number of carbonyl (C=O) groups is 1. The molecule has 3 heterocycles. The SMILES string of the molecule is CC1c2cc3c(cc2C2(CCCC2)CN1C(=O)CC1CCCN1)OCCO3.Cl. The van der Waals surface area contributed by atoms with E-state index in [1.807, 2.05) is 0 Å². The summed E-state index contributed by atoms with van der Waals surface area (Å²) in [5.41, 5.74) is 2.76. The second-order valence-electron chi connectivity index (χ2n) is 8.77. The van der Waals surface area contributed by atoms with E-state index in [2.05, 4.69) is 29.3 Å². The number of hydrogen-bond acceptors (Lipinski definition) is 4. The van der Waals surface area contributed by atoms with Crippen molar-refractivity contribution in [2.24, 2.45) is 0 Å². The molecule has 1 saturated heterocycles. The van der Waals surface area contributed by atoms with Gasteiger partial charge in [0.2, 0.25) is 5.91 Å². The molecular formula is C22H31ClN2O3. The average molecular weight is 407 g/mol. The van der Waals surface area contributed by atoms with Crippen molar-refractivity contribution < 1.29 is 14.3 Å². The number of hydrogen-bond donors (Lipinski definition) is 1. The largest absolute Gasteiger partial charge is 0.486 e. The summed E-state index contributed by atoms with van der Waals surface area (Å²) in [6, 6.07) is 4.83. The third-order valence-corrected chi connectivity index (χ3v) is 7.14. The lowest BCUT2D eigenvalue weighted by molar-refractivity contribution is -0.135. The first-order valence-corrected chi connectivity index (χ1v) is 10.6. The van der Waals surface area contributed by atoms with Crippen molar-refractivity contribution in [3.63, 3.8) is 0 Å². The molecule has 3 aliphatic heterocycles. The van der Waals surface area contributed by atoms with Gasteiger partial charge in [0.1, 0.15) is 13.2 Å². The molecule has 1 amide bonds. The van der Waals surface area contributed by atoms with Crippen LogP contribution in [0, 0.1) is 0 Å². The number of rotatable bonds is 2. The summed E-state index contributed by atoms with van der Waals surface area (Å²) in [4.78, 5) is 15.4. The van der Waals surface area contributed by atoms with E-state index < -0.39 is 0 Å². The lowest BCUT2D eigenvalue weighted by Crippen LogP contribution is -2.49. The molecule has 1 aliphatic carbocycles. The average Bonchev–Trinajstić information content (AvgIpc) is 3.36. The fourth-order valence-electron chi connectivity index (χ4n) is 5.67. The minimum Gasteiger partial charge on any atom is -0.486 e. The maximum atomic E-state index is 13.2. The van der Waals surface area contributed by atoms with Crippen LogP contribution in [0.2, 0.25) is 0 Å². The molecule has 4 aliphatic rings. The zero-order chi connectivity index (χ0) is 18.4. The van der Waals surface area contributed by atoms with Gasteiger partial charge in [0.05, 0.1) is 6.04 Å². The lowest BCUT2D eigenvalue weighted by Gasteiger charge is -2.46. The number of benzene rings is 1. The topological polar surface area (TPSA) is 50.8 Å². The molecular weight excluding hydrogens is 376 g/mol. The Labute approximate surface area is 173 Å². The Morgan fingerprint density at radius 2 is 1.89 bits per heavy atom. The van der Waals surface area contributed by atoms with Crippen LogP contribution in [-0.4, -0.2) is 43.2 Å². The highest BCUT2D eigenvalue weighted by atomic mass is 35.5. The van der Waals surface area contributed by atoms with Gasteiger partial charge >= 0.3 is 0 Å². The molecule has 6 heteroatoms. The predicted molar refractivity (Wildman–Crippen MR) is 111 cm³/mol. The van der Waals surface area contributed by atoms with Gasteiger partial charge in [-0.05, 0) is 62.4 Å². The Morgan fingerprint density at radius 1 is 1.18 bits per heavy atom. The number of ether oxygens (including phenoxy) is 2. The van der Waals surface area contributed by atoms with E-state index in [0.29, 0.717) is 31.6 Å². The standard InChI is InChI=1S/C22H30N2O3.ClH/c1-15-17-12-19-20(27-10-9-26-19)13-18(17)22(6-2-3-7-22)14-24(15)21(25)11-16-5-4-8-23-16;/h12-13,15-16,23H,2-11,14H2,1H3;1H. The van der Waals surface area contributed by atoms with Crippen LogP contribution < -0.4 is 14.8 Å². The van der Waals surface area contributed by atoms with E-state index in [1.54, 1.807) is 0 Å². The van der Waals surface area contributed by atoms with Crippen molar-refractivity contribution in [2.45, 2.75) is 69.4 Å². The Morgan fingerprint density at radius 3 is 2.57 bits per heavy atom. The molecule has 2 fully saturated rings. The zero-order valence-electron chi connectivity index (χ0n) is 16.7. The highest BCUT2D eigenvalue weighted by Crippen LogP contribution is 2.52. The minimum atomic E-state index is 0. The van der Waals surface area contributed by atoms with Crippen LogP contribution in [-0.2, 0) is 10.2 Å². The van der Waals surface area contributed by atoms with E-state index in [4.69, 9.17) is 9.47 Å². The third kappa shape index (κ3) is 3.26. The van der Waals surface area contributed by atoms with Crippen molar-refractivity contribution in [3.8, 4) is 11.5 Å². The first-order valence-electron chi connectivity index (χ1n) is 10.6. The van der Waals surface area contributed by atoms with Gasteiger partial charge in [-0.25, -0.2) is 0 Å². The second kappa shape index (κ2) is 7.75. The van der Waals surface area contributed by atoms with Crippen LogP contribution in [0.1, 0.15) is 69.0 Å². The molecule has 0 bridgehead atoms. The Kier molecular flexibility index (Phi) is 5.49. The summed E-state index contributed by atoms with van der Waals surface area (Å²) in [6.07, 6.45) is 7.75. The minimum absolute atomic E-state index is 0. The summed E-state index contributed by atoms with van der Waals surface area (Å²) in [5.74, 6) is 2.02. The molecule has 154 valence electrons. The van der Waals surface area contributed by atoms with Crippen LogP contribution in [0.25, 0.3) is 0 Å². The smallest absolute Gasteiger partial charge is 0.224 e. The third-order valence-electron chi connectivity index (χ3n) is 7.14. The monoisotopic (exact) mass is 406 g/mol. The van der Waals surface area contributed by atoms with Crippen molar-refractivity contribution in [1.29, 1.82) is 0 Å². The summed E-state index contributed by atoms with van der Waals surface area (Å²) < 4.78 is 11.7. The molecule has 1 spiro atoms. The molecule has 0 radical (unpaired) electrons. The normalized spacial score (nSPS) is 27.4. The van der Waals surface area contributed by atoms with Gasteiger partial charge in [-0.2, -0.15) is 0 Å². The molecule has 1 N–H and O–H groups in total. The van der Waals surface area contributed by atoms with Crippen LogP contribution in [0.5, 0.6) is 11.5 Å². The van der Waals surface area contributed by atoms with Gasteiger partial charge < -0.3 is 19.7 Å². The summed E-state index contributed by atoms with van der Waals surface area (Å²) in [7, 11) is 0. The summed E-state index contributed by atoms with van der Waals surface area (Å²) in [5, 5.41) is 3.48. The van der Waals surface area contributed by atoms with Crippen molar-refractivity contribution >= 4 is 18.3 Å². The van der Waals surface area contributed by atoms with Gasteiger partial charge in [0.25, 0.3) is 0 Å². The molecule has 1 aromatic carbocycles. The molecule has 5 rings (SSSR count). The van der Waals surface area contributed by atoms with Crippen molar-refractivity contribution in [3.05, 3.63) is 23.3 Å². The molecule has 1 saturated carbocycles. The van der Waals surface area contributed by atoms with E-state index in [9.17, 15) is 4.79 Å². The number of fused-ring (bicyclic) bond motifs is 3. The second-order valence-corrected chi connectivity index (χ2v) is 8.77. The predicted octanol–water partition coefficient (Wildman–Crippen LogP) is 3.74. The summed E-state index contributed by atoms with van der Waals surface area (Å²) in [6.45, 7) is 5.29. The molecule has 2 atom stereocenters. The Balaban J connectivity index is 0.00000192. The molecule has 2 unspecified atom stereocenters. The number of halogens is 1. The Bertz CT molecular complexity index is 742. The van der Waals surface area contributed by atoms with Gasteiger partial charge in [-0.15, -0.1) is 12.4 Å². The lowest BCUT2D eigenvalue weighted by atomic mass is 9.71. The van der Waals surface area contributed by atoms with E-state index in [-0.39, 0.29) is 23.9 Å². The number of nitrogens with zero attached hydrogens (tertiary/aromatic N) is 1. The highest BCUT2D eigenvalue weighted by molar-refractivity contribution is 5.85.